The Balaban J connectivity index is 2.36. The molecule has 0 bridgehead atoms. The standard InChI is InChI=1S/C17H19Br2N/c1-11-5-4-6-12(2)14(11)10-17(20-3)15-9-13(18)7-8-16(15)19/h4-9,17,20H,10H2,1-3H3. The van der Waals surface area contributed by atoms with E-state index in [1.807, 2.05) is 7.05 Å². The van der Waals surface area contributed by atoms with Gasteiger partial charge in [-0.25, -0.2) is 0 Å². The molecule has 20 heavy (non-hydrogen) atoms. The summed E-state index contributed by atoms with van der Waals surface area (Å²) in [4.78, 5) is 0. The van der Waals surface area contributed by atoms with Crippen LogP contribution in [0.1, 0.15) is 28.3 Å². The highest BCUT2D eigenvalue weighted by Crippen LogP contribution is 2.30. The van der Waals surface area contributed by atoms with E-state index >= 15 is 0 Å². The molecule has 1 atom stereocenters. The van der Waals surface area contributed by atoms with Gasteiger partial charge in [0.2, 0.25) is 0 Å². The van der Waals surface area contributed by atoms with Crippen LogP contribution in [0.15, 0.2) is 45.3 Å². The minimum absolute atomic E-state index is 0.293. The molecule has 2 rings (SSSR count). The highest BCUT2D eigenvalue weighted by Gasteiger charge is 2.16. The number of halogens is 2. The minimum Gasteiger partial charge on any atom is -0.313 e. The summed E-state index contributed by atoms with van der Waals surface area (Å²) in [5, 5.41) is 3.44. The van der Waals surface area contributed by atoms with Gasteiger partial charge in [-0.2, -0.15) is 0 Å². The van der Waals surface area contributed by atoms with Gasteiger partial charge in [-0.15, -0.1) is 0 Å². The molecule has 2 aromatic rings. The van der Waals surface area contributed by atoms with Crippen molar-refractivity contribution in [1.29, 1.82) is 0 Å². The molecule has 0 heterocycles. The van der Waals surface area contributed by atoms with Gasteiger partial charge in [0.05, 0.1) is 0 Å². The summed E-state index contributed by atoms with van der Waals surface area (Å²) < 4.78 is 2.25. The molecular weight excluding hydrogens is 378 g/mol. The average molecular weight is 397 g/mol. The summed E-state index contributed by atoms with van der Waals surface area (Å²) in [6.45, 7) is 4.37. The molecule has 0 amide bonds. The molecule has 0 aromatic heterocycles. The van der Waals surface area contributed by atoms with Gasteiger partial charge in [-0.1, -0.05) is 50.1 Å². The van der Waals surface area contributed by atoms with Crippen molar-refractivity contribution >= 4 is 31.9 Å². The highest BCUT2D eigenvalue weighted by atomic mass is 79.9. The van der Waals surface area contributed by atoms with Crippen LogP contribution in [-0.4, -0.2) is 7.05 Å². The minimum atomic E-state index is 0.293. The summed E-state index contributed by atoms with van der Waals surface area (Å²) in [5.41, 5.74) is 5.43. The van der Waals surface area contributed by atoms with E-state index in [0.29, 0.717) is 6.04 Å². The normalized spacial score (nSPS) is 12.4. The highest BCUT2D eigenvalue weighted by molar-refractivity contribution is 9.11. The summed E-state index contributed by atoms with van der Waals surface area (Å²) in [7, 11) is 2.02. The van der Waals surface area contributed by atoms with Crippen LogP contribution in [-0.2, 0) is 6.42 Å². The zero-order valence-electron chi connectivity index (χ0n) is 12.0. The quantitative estimate of drug-likeness (QED) is 0.736. The maximum absolute atomic E-state index is 3.66. The van der Waals surface area contributed by atoms with E-state index in [1.165, 1.54) is 22.3 Å². The Bertz CT molecular complexity index is 588. The van der Waals surface area contributed by atoms with Crippen molar-refractivity contribution in [3.8, 4) is 0 Å². The van der Waals surface area contributed by atoms with Crippen molar-refractivity contribution in [2.75, 3.05) is 7.05 Å². The van der Waals surface area contributed by atoms with Gasteiger partial charge in [0, 0.05) is 15.0 Å². The fraction of sp³-hybridized carbons (Fsp3) is 0.294. The fourth-order valence-electron chi connectivity index (χ4n) is 2.52. The lowest BCUT2D eigenvalue weighted by Crippen LogP contribution is -2.20. The first-order valence-electron chi connectivity index (χ1n) is 6.70. The second-order valence-electron chi connectivity index (χ2n) is 5.08. The molecule has 0 radical (unpaired) electrons. The first kappa shape index (κ1) is 15.7. The molecule has 0 saturated carbocycles. The first-order valence-corrected chi connectivity index (χ1v) is 8.29. The van der Waals surface area contributed by atoms with Crippen LogP contribution in [0.25, 0.3) is 0 Å². The van der Waals surface area contributed by atoms with Crippen LogP contribution in [0.2, 0.25) is 0 Å². The predicted octanol–water partition coefficient (Wildman–Crippen LogP) is 5.33. The zero-order chi connectivity index (χ0) is 14.7. The van der Waals surface area contributed by atoms with E-state index in [1.54, 1.807) is 0 Å². The molecule has 0 aliphatic rings. The van der Waals surface area contributed by atoms with Crippen LogP contribution >= 0.6 is 31.9 Å². The number of nitrogens with one attached hydrogen (secondary N) is 1. The third kappa shape index (κ3) is 3.51. The predicted molar refractivity (Wildman–Crippen MR) is 93.3 cm³/mol. The summed E-state index contributed by atoms with van der Waals surface area (Å²) in [6.07, 6.45) is 0.990. The van der Waals surface area contributed by atoms with Crippen LogP contribution in [0.4, 0.5) is 0 Å². The van der Waals surface area contributed by atoms with E-state index in [2.05, 4.69) is 87.4 Å². The Morgan fingerprint density at radius 3 is 2.30 bits per heavy atom. The van der Waals surface area contributed by atoms with Crippen molar-refractivity contribution < 1.29 is 0 Å². The van der Waals surface area contributed by atoms with E-state index in [0.717, 1.165) is 15.4 Å². The molecule has 0 saturated heterocycles. The SMILES string of the molecule is CNC(Cc1c(C)cccc1C)c1cc(Br)ccc1Br. The molecule has 1 unspecified atom stereocenters. The Hall–Kier alpha value is -0.640. The second kappa shape index (κ2) is 6.88. The van der Waals surface area contributed by atoms with Gasteiger partial charge < -0.3 is 5.32 Å². The smallest absolute Gasteiger partial charge is 0.0370 e. The van der Waals surface area contributed by atoms with Crippen LogP contribution in [0, 0.1) is 13.8 Å². The van der Waals surface area contributed by atoms with Crippen LogP contribution < -0.4 is 5.32 Å². The van der Waals surface area contributed by atoms with E-state index in [-0.39, 0.29) is 0 Å². The molecule has 3 heteroatoms. The van der Waals surface area contributed by atoms with Gasteiger partial charge in [-0.3, -0.25) is 0 Å². The van der Waals surface area contributed by atoms with Crippen LogP contribution in [0.5, 0.6) is 0 Å². The molecule has 106 valence electrons. The molecular formula is C17H19Br2N. The van der Waals surface area contributed by atoms with E-state index in [9.17, 15) is 0 Å². The van der Waals surface area contributed by atoms with Gasteiger partial charge in [0.1, 0.15) is 0 Å². The first-order chi connectivity index (χ1) is 9.52. The molecule has 0 aliphatic heterocycles. The lowest BCUT2D eigenvalue weighted by molar-refractivity contribution is 0.586. The fourth-order valence-corrected chi connectivity index (χ4v) is 3.43. The van der Waals surface area contributed by atoms with Crippen molar-refractivity contribution in [2.45, 2.75) is 26.3 Å². The molecule has 1 nitrogen and oxygen atoms in total. The monoisotopic (exact) mass is 395 g/mol. The van der Waals surface area contributed by atoms with Crippen molar-refractivity contribution in [2.24, 2.45) is 0 Å². The van der Waals surface area contributed by atoms with Crippen molar-refractivity contribution in [1.82, 2.24) is 5.32 Å². The number of hydrogen-bond acceptors (Lipinski definition) is 1. The van der Waals surface area contributed by atoms with Gasteiger partial charge in [-0.05, 0) is 67.8 Å². The topological polar surface area (TPSA) is 12.0 Å². The molecule has 0 fully saturated rings. The van der Waals surface area contributed by atoms with Crippen molar-refractivity contribution in [3.63, 3.8) is 0 Å². The van der Waals surface area contributed by atoms with Gasteiger partial charge >= 0.3 is 0 Å². The third-order valence-electron chi connectivity index (χ3n) is 3.73. The summed E-state index contributed by atoms with van der Waals surface area (Å²) in [5.74, 6) is 0. The molecule has 1 N–H and O–H groups in total. The maximum atomic E-state index is 3.66. The average Bonchev–Trinajstić information content (AvgIpc) is 2.42. The van der Waals surface area contributed by atoms with Gasteiger partial charge in [0.25, 0.3) is 0 Å². The Kier molecular flexibility index (Phi) is 5.42. The summed E-state index contributed by atoms with van der Waals surface area (Å²) >= 11 is 7.22. The second-order valence-corrected chi connectivity index (χ2v) is 6.85. The molecule has 2 aromatic carbocycles. The number of rotatable bonds is 4. The zero-order valence-corrected chi connectivity index (χ0v) is 15.2. The largest absolute Gasteiger partial charge is 0.313 e. The third-order valence-corrected chi connectivity index (χ3v) is 4.95. The lowest BCUT2D eigenvalue weighted by Gasteiger charge is -2.21. The number of benzene rings is 2. The van der Waals surface area contributed by atoms with Gasteiger partial charge in [0.15, 0.2) is 0 Å². The molecule has 0 aliphatic carbocycles. The van der Waals surface area contributed by atoms with Crippen molar-refractivity contribution in [3.05, 3.63) is 67.6 Å². The Morgan fingerprint density at radius 2 is 1.70 bits per heavy atom. The lowest BCUT2D eigenvalue weighted by atomic mass is 9.93. The number of hydrogen-bond donors (Lipinski definition) is 1. The van der Waals surface area contributed by atoms with Crippen LogP contribution in [0.3, 0.4) is 0 Å². The Morgan fingerprint density at radius 1 is 1.05 bits per heavy atom. The Labute approximate surface area is 138 Å². The number of likely N-dealkylation sites (N-methyl/N-ethyl adjacent to an activating group) is 1. The number of aryl methyl sites for hydroxylation is 2. The maximum Gasteiger partial charge on any atom is 0.0370 e. The molecule has 0 spiro atoms. The van der Waals surface area contributed by atoms with E-state index < -0.39 is 0 Å². The van der Waals surface area contributed by atoms with E-state index in [4.69, 9.17) is 0 Å². The summed E-state index contributed by atoms with van der Waals surface area (Å²) in [6, 6.07) is 13.1.